The summed E-state index contributed by atoms with van der Waals surface area (Å²) in [6.07, 6.45) is 3.68. The van der Waals surface area contributed by atoms with Gasteiger partial charge in [-0.3, -0.25) is 9.59 Å². The molecule has 3 saturated carbocycles. The summed E-state index contributed by atoms with van der Waals surface area (Å²) in [7, 11) is 0. The Kier molecular flexibility index (Phi) is 3.14. The van der Waals surface area contributed by atoms with E-state index in [1.54, 1.807) is 0 Å². The molecule has 6 atom stereocenters. The van der Waals surface area contributed by atoms with E-state index in [4.69, 9.17) is 0 Å². The highest BCUT2D eigenvalue weighted by Crippen LogP contribution is 2.65. The molecule has 128 valence electrons. The molecular formula is C20H22F2O2. The molecule has 0 aromatic rings. The minimum Gasteiger partial charge on any atom is -0.296 e. The number of ketones is 2. The second kappa shape index (κ2) is 4.74. The van der Waals surface area contributed by atoms with Gasteiger partial charge in [-0.25, -0.2) is 8.78 Å². The molecule has 4 rings (SSSR count). The van der Waals surface area contributed by atoms with Crippen molar-refractivity contribution < 1.29 is 18.4 Å². The summed E-state index contributed by atoms with van der Waals surface area (Å²) in [6, 6.07) is 0. The maximum absolute atomic E-state index is 14.5. The van der Waals surface area contributed by atoms with Crippen LogP contribution in [0.3, 0.4) is 0 Å². The zero-order valence-electron chi connectivity index (χ0n) is 14.1. The van der Waals surface area contributed by atoms with Crippen LogP contribution < -0.4 is 0 Å². The lowest BCUT2D eigenvalue weighted by Gasteiger charge is -2.56. The van der Waals surface area contributed by atoms with Crippen molar-refractivity contribution in [3.63, 3.8) is 0 Å². The Hall–Kier alpha value is -1.58. The van der Waals surface area contributed by atoms with Gasteiger partial charge in [-0.2, -0.15) is 0 Å². The third-order valence-corrected chi connectivity index (χ3v) is 7.33. The van der Waals surface area contributed by atoms with Crippen LogP contribution in [0.5, 0.6) is 0 Å². The van der Waals surface area contributed by atoms with Gasteiger partial charge in [0.1, 0.15) is 0 Å². The van der Waals surface area contributed by atoms with Gasteiger partial charge in [0.25, 0.3) is 0 Å². The SMILES string of the molecule is C=C1CC2=C(F)C(=O)C=C[C@]2(C)[C@H]2CC[C@]3(C)C(=O)C(F)C[C@H]3[C@H]12. The Balaban J connectivity index is 1.81. The molecule has 0 bridgehead atoms. The van der Waals surface area contributed by atoms with Crippen LogP contribution in [0.1, 0.15) is 39.5 Å². The van der Waals surface area contributed by atoms with Crippen molar-refractivity contribution in [1.29, 1.82) is 0 Å². The molecule has 4 aliphatic carbocycles. The van der Waals surface area contributed by atoms with Gasteiger partial charge in [0.15, 0.2) is 17.8 Å². The van der Waals surface area contributed by atoms with E-state index < -0.39 is 28.6 Å². The first kappa shape index (κ1) is 15.9. The molecule has 0 heterocycles. The summed E-state index contributed by atoms with van der Waals surface area (Å²) >= 11 is 0. The van der Waals surface area contributed by atoms with Crippen LogP contribution in [0.4, 0.5) is 8.78 Å². The Morgan fingerprint density at radius 3 is 2.67 bits per heavy atom. The molecule has 0 saturated heterocycles. The third kappa shape index (κ3) is 1.75. The smallest absolute Gasteiger partial charge is 0.213 e. The number of halogens is 2. The van der Waals surface area contributed by atoms with E-state index in [0.717, 1.165) is 12.0 Å². The molecular weight excluding hydrogens is 310 g/mol. The number of allylic oxidation sites excluding steroid dienone is 5. The molecule has 1 unspecified atom stereocenters. The number of carbonyl (C=O) groups excluding carboxylic acids is 2. The van der Waals surface area contributed by atoms with E-state index in [0.29, 0.717) is 18.4 Å². The largest absolute Gasteiger partial charge is 0.296 e. The zero-order valence-corrected chi connectivity index (χ0v) is 14.1. The Morgan fingerprint density at radius 1 is 1.25 bits per heavy atom. The lowest BCUT2D eigenvalue weighted by Crippen LogP contribution is -2.50. The molecule has 0 spiro atoms. The Labute approximate surface area is 140 Å². The summed E-state index contributed by atoms with van der Waals surface area (Å²) in [4.78, 5) is 24.1. The van der Waals surface area contributed by atoms with Gasteiger partial charge in [0, 0.05) is 10.8 Å². The van der Waals surface area contributed by atoms with Gasteiger partial charge in [-0.15, -0.1) is 0 Å². The summed E-state index contributed by atoms with van der Waals surface area (Å²) in [5.41, 5.74) is 0.200. The fourth-order valence-corrected chi connectivity index (χ4v) is 5.91. The molecule has 4 aliphatic rings. The monoisotopic (exact) mass is 332 g/mol. The maximum atomic E-state index is 14.5. The lowest BCUT2D eigenvalue weighted by atomic mass is 9.47. The number of Topliss-reactive ketones (excluding diaryl/α,β-unsaturated/α-hetero) is 1. The van der Waals surface area contributed by atoms with Crippen LogP contribution in [-0.4, -0.2) is 17.7 Å². The lowest BCUT2D eigenvalue weighted by molar-refractivity contribution is -0.133. The van der Waals surface area contributed by atoms with Crippen molar-refractivity contribution >= 4 is 11.6 Å². The molecule has 0 N–H and O–H groups in total. The zero-order chi connectivity index (χ0) is 17.4. The van der Waals surface area contributed by atoms with E-state index in [2.05, 4.69) is 6.58 Å². The van der Waals surface area contributed by atoms with Crippen molar-refractivity contribution in [1.82, 2.24) is 0 Å². The molecule has 0 amide bonds. The van der Waals surface area contributed by atoms with E-state index >= 15 is 0 Å². The number of rotatable bonds is 0. The molecule has 0 aromatic heterocycles. The topological polar surface area (TPSA) is 34.1 Å². The van der Waals surface area contributed by atoms with Crippen molar-refractivity contribution in [2.24, 2.45) is 28.6 Å². The Morgan fingerprint density at radius 2 is 1.96 bits per heavy atom. The summed E-state index contributed by atoms with van der Waals surface area (Å²) in [5, 5.41) is 0. The summed E-state index contributed by atoms with van der Waals surface area (Å²) in [6.45, 7) is 8.01. The molecule has 3 fully saturated rings. The number of alkyl halides is 1. The van der Waals surface area contributed by atoms with Crippen molar-refractivity contribution in [3.8, 4) is 0 Å². The second-order valence-electron chi connectivity index (χ2n) is 8.37. The van der Waals surface area contributed by atoms with Gasteiger partial charge < -0.3 is 0 Å². The first-order valence-electron chi connectivity index (χ1n) is 8.69. The predicted octanol–water partition coefficient (Wildman–Crippen LogP) is 4.27. The van der Waals surface area contributed by atoms with Crippen LogP contribution in [0, 0.1) is 28.6 Å². The number of hydrogen-bond donors (Lipinski definition) is 0. The summed E-state index contributed by atoms with van der Waals surface area (Å²) in [5.74, 6) is -1.49. The summed E-state index contributed by atoms with van der Waals surface area (Å²) < 4.78 is 28.7. The minimum atomic E-state index is -1.39. The van der Waals surface area contributed by atoms with E-state index in [9.17, 15) is 18.4 Å². The van der Waals surface area contributed by atoms with Crippen molar-refractivity contribution in [2.45, 2.75) is 45.7 Å². The van der Waals surface area contributed by atoms with Gasteiger partial charge in [0.2, 0.25) is 5.78 Å². The third-order valence-electron chi connectivity index (χ3n) is 7.33. The van der Waals surface area contributed by atoms with E-state index in [1.165, 1.54) is 6.08 Å². The molecule has 24 heavy (non-hydrogen) atoms. The maximum Gasteiger partial charge on any atom is 0.213 e. The van der Waals surface area contributed by atoms with Crippen LogP contribution >= 0.6 is 0 Å². The van der Waals surface area contributed by atoms with Gasteiger partial charge >= 0.3 is 0 Å². The second-order valence-corrected chi connectivity index (χ2v) is 8.37. The highest BCUT2D eigenvalue weighted by molar-refractivity contribution is 6.04. The minimum absolute atomic E-state index is 0.00727. The Bertz CT molecular complexity index is 734. The fraction of sp³-hybridized carbons (Fsp3) is 0.600. The van der Waals surface area contributed by atoms with Crippen molar-refractivity contribution in [2.75, 3.05) is 0 Å². The first-order chi connectivity index (χ1) is 11.2. The van der Waals surface area contributed by atoms with Crippen LogP contribution in [0.15, 0.2) is 35.7 Å². The first-order valence-corrected chi connectivity index (χ1v) is 8.69. The quantitative estimate of drug-likeness (QED) is 0.621. The molecule has 0 aliphatic heterocycles. The molecule has 4 heteroatoms. The standard InChI is InChI=1S/C20H22F2O2/c1-10-8-13-17(22)15(23)5-7-19(13,2)11-4-6-20(3)12(16(10)11)9-14(21)18(20)24/h5,7,11-12,14,16H,1,4,6,8-9H2,2-3H3/t11-,12-,14?,16+,19+,20-/m0/s1. The fourth-order valence-electron chi connectivity index (χ4n) is 5.91. The molecule has 0 radical (unpaired) electrons. The predicted molar refractivity (Wildman–Crippen MR) is 86.5 cm³/mol. The average Bonchev–Trinajstić information content (AvgIpc) is 2.77. The van der Waals surface area contributed by atoms with Crippen LogP contribution in [0.2, 0.25) is 0 Å². The molecule has 2 nitrogen and oxygen atoms in total. The normalized spacial score (nSPS) is 47.6. The number of hydrogen-bond acceptors (Lipinski definition) is 2. The van der Waals surface area contributed by atoms with Gasteiger partial charge in [-0.05, 0) is 55.1 Å². The van der Waals surface area contributed by atoms with Gasteiger partial charge in [-0.1, -0.05) is 32.1 Å². The average molecular weight is 332 g/mol. The number of fused-ring (bicyclic) bond motifs is 5. The highest BCUT2D eigenvalue weighted by Gasteiger charge is 2.62. The van der Waals surface area contributed by atoms with Crippen LogP contribution in [0.25, 0.3) is 0 Å². The molecule has 0 aromatic carbocycles. The van der Waals surface area contributed by atoms with E-state index in [1.807, 2.05) is 19.9 Å². The highest BCUT2D eigenvalue weighted by atomic mass is 19.1. The van der Waals surface area contributed by atoms with Crippen molar-refractivity contribution in [3.05, 3.63) is 35.7 Å². The number of carbonyl (C=O) groups is 2. The van der Waals surface area contributed by atoms with Crippen LogP contribution in [-0.2, 0) is 9.59 Å². The van der Waals surface area contributed by atoms with E-state index in [-0.39, 0.29) is 30.0 Å². The van der Waals surface area contributed by atoms with Gasteiger partial charge in [0.05, 0.1) is 0 Å².